The molecule has 1 aliphatic carbocycles. The maximum Gasteiger partial charge on any atom is 0.151 e. The van der Waals surface area contributed by atoms with Gasteiger partial charge in [-0.2, -0.15) is 5.10 Å². The molecule has 1 saturated carbocycles. The van der Waals surface area contributed by atoms with E-state index in [-0.39, 0.29) is 0 Å². The van der Waals surface area contributed by atoms with Gasteiger partial charge >= 0.3 is 0 Å². The summed E-state index contributed by atoms with van der Waals surface area (Å²) in [6, 6.07) is 12.9. The zero-order valence-corrected chi connectivity index (χ0v) is 14.7. The summed E-state index contributed by atoms with van der Waals surface area (Å²) < 4.78 is 1.14. The third-order valence-electron chi connectivity index (χ3n) is 4.68. The molecule has 0 amide bonds. The molecule has 0 unspecified atom stereocenters. The first kappa shape index (κ1) is 15.1. The van der Waals surface area contributed by atoms with E-state index >= 15 is 0 Å². The Morgan fingerprint density at radius 2 is 1.65 bits per heavy atom. The van der Waals surface area contributed by atoms with Gasteiger partial charge in [-0.1, -0.05) is 28.1 Å². The van der Waals surface area contributed by atoms with Crippen molar-refractivity contribution in [2.24, 2.45) is 0 Å². The molecule has 0 atom stereocenters. The largest absolute Gasteiger partial charge is 0.353 e. The molecule has 120 valence electrons. The highest BCUT2D eigenvalue weighted by Gasteiger charge is 2.26. The molecule has 2 aliphatic rings. The number of nitrogens with zero attached hydrogens (tertiary/aromatic N) is 4. The third kappa shape index (κ3) is 3.72. The summed E-state index contributed by atoms with van der Waals surface area (Å²) in [7, 11) is 0. The number of benzene rings is 1. The Morgan fingerprint density at radius 1 is 0.913 bits per heavy atom. The maximum absolute atomic E-state index is 4.43. The van der Waals surface area contributed by atoms with Gasteiger partial charge in [0.2, 0.25) is 0 Å². The summed E-state index contributed by atoms with van der Waals surface area (Å²) in [5, 5.41) is 8.84. The zero-order valence-electron chi connectivity index (χ0n) is 13.2. The van der Waals surface area contributed by atoms with Crippen LogP contribution in [0.3, 0.4) is 0 Å². The van der Waals surface area contributed by atoms with Gasteiger partial charge in [0.25, 0.3) is 0 Å². The summed E-state index contributed by atoms with van der Waals surface area (Å²) >= 11 is 3.49. The van der Waals surface area contributed by atoms with Crippen LogP contribution in [0.15, 0.2) is 40.9 Å². The van der Waals surface area contributed by atoms with E-state index in [9.17, 15) is 0 Å². The first-order valence-corrected chi connectivity index (χ1v) is 9.12. The molecule has 0 radical (unpaired) electrons. The van der Waals surface area contributed by atoms with Gasteiger partial charge in [0.05, 0.1) is 5.69 Å². The molecule has 0 bridgehead atoms. The minimum atomic E-state index is 0.680. The fourth-order valence-corrected chi connectivity index (χ4v) is 3.35. The number of anilines is 1. The first-order valence-electron chi connectivity index (χ1n) is 8.33. The van der Waals surface area contributed by atoms with Crippen molar-refractivity contribution in [3.05, 3.63) is 52.1 Å². The fourth-order valence-electron chi connectivity index (χ4n) is 3.08. The second-order valence-corrected chi connectivity index (χ2v) is 7.40. The molecule has 2 fully saturated rings. The van der Waals surface area contributed by atoms with Gasteiger partial charge in [0.1, 0.15) is 0 Å². The van der Waals surface area contributed by atoms with Gasteiger partial charge in [-0.3, -0.25) is 4.90 Å². The summed E-state index contributed by atoms with van der Waals surface area (Å²) in [4.78, 5) is 4.85. The van der Waals surface area contributed by atoms with E-state index in [1.165, 1.54) is 24.1 Å². The Balaban J connectivity index is 1.32. The van der Waals surface area contributed by atoms with Gasteiger partial charge < -0.3 is 4.90 Å². The van der Waals surface area contributed by atoms with Gasteiger partial charge in [-0.15, -0.1) is 5.10 Å². The van der Waals surface area contributed by atoms with Crippen LogP contribution < -0.4 is 4.90 Å². The van der Waals surface area contributed by atoms with Crippen molar-refractivity contribution in [1.82, 2.24) is 15.1 Å². The van der Waals surface area contributed by atoms with Crippen LogP contribution in [0.2, 0.25) is 0 Å². The van der Waals surface area contributed by atoms with Crippen LogP contribution in [0.5, 0.6) is 0 Å². The Kier molecular flexibility index (Phi) is 4.31. The van der Waals surface area contributed by atoms with Gasteiger partial charge in [-0.25, -0.2) is 0 Å². The van der Waals surface area contributed by atoms with Crippen molar-refractivity contribution < 1.29 is 0 Å². The van der Waals surface area contributed by atoms with Crippen molar-refractivity contribution in [1.29, 1.82) is 0 Å². The number of rotatable bonds is 4. The van der Waals surface area contributed by atoms with Crippen molar-refractivity contribution in [2.45, 2.75) is 25.3 Å². The lowest BCUT2D eigenvalue weighted by Crippen LogP contribution is -2.46. The molecule has 0 N–H and O–H groups in total. The normalized spacial score (nSPS) is 19.1. The predicted molar refractivity (Wildman–Crippen MR) is 95.6 cm³/mol. The minimum Gasteiger partial charge on any atom is -0.353 e. The SMILES string of the molecule is Brc1ccc(CN2CCN(c3ccc(C4CC4)nn3)CC2)cc1. The smallest absolute Gasteiger partial charge is 0.151 e. The van der Waals surface area contributed by atoms with E-state index < -0.39 is 0 Å². The van der Waals surface area contributed by atoms with E-state index in [0.29, 0.717) is 5.92 Å². The van der Waals surface area contributed by atoms with Gasteiger partial charge in [0, 0.05) is 43.1 Å². The summed E-state index contributed by atoms with van der Waals surface area (Å²) in [5.41, 5.74) is 2.54. The number of halogens is 1. The molecule has 1 aromatic heterocycles. The van der Waals surface area contributed by atoms with Gasteiger partial charge in [0.15, 0.2) is 5.82 Å². The predicted octanol–water partition coefficient (Wildman–Crippen LogP) is 3.44. The molecule has 1 saturated heterocycles. The number of piperazine rings is 1. The molecule has 2 aromatic rings. The molecule has 2 heterocycles. The molecular formula is C18H21BrN4. The standard InChI is InChI=1S/C18H21BrN4/c19-16-5-1-14(2-6-16)13-22-9-11-23(12-10-22)18-8-7-17(20-21-18)15-3-4-15/h1-2,5-8,15H,3-4,9-13H2. The lowest BCUT2D eigenvalue weighted by Gasteiger charge is -2.35. The Labute approximate surface area is 145 Å². The molecule has 5 heteroatoms. The Bertz CT molecular complexity index is 644. The van der Waals surface area contributed by atoms with E-state index in [2.05, 4.69) is 72.3 Å². The van der Waals surface area contributed by atoms with Crippen molar-refractivity contribution in [2.75, 3.05) is 31.1 Å². The molecular weight excluding hydrogens is 352 g/mol. The van der Waals surface area contributed by atoms with Crippen molar-refractivity contribution in [3.8, 4) is 0 Å². The molecule has 0 spiro atoms. The average Bonchev–Trinajstić information content (AvgIpc) is 3.43. The van der Waals surface area contributed by atoms with Crippen LogP contribution in [0, 0.1) is 0 Å². The van der Waals surface area contributed by atoms with Gasteiger partial charge in [-0.05, 0) is 42.7 Å². The summed E-state index contributed by atoms with van der Waals surface area (Å²) in [5.74, 6) is 1.71. The number of hydrogen-bond donors (Lipinski definition) is 0. The number of hydrogen-bond acceptors (Lipinski definition) is 4. The molecule has 4 rings (SSSR count). The third-order valence-corrected chi connectivity index (χ3v) is 5.21. The fraction of sp³-hybridized carbons (Fsp3) is 0.444. The minimum absolute atomic E-state index is 0.680. The highest BCUT2D eigenvalue weighted by atomic mass is 79.9. The second kappa shape index (κ2) is 6.57. The molecule has 4 nitrogen and oxygen atoms in total. The maximum atomic E-state index is 4.43. The quantitative estimate of drug-likeness (QED) is 0.822. The second-order valence-electron chi connectivity index (χ2n) is 6.48. The van der Waals surface area contributed by atoms with E-state index in [1.54, 1.807) is 0 Å². The van der Waals surface area contributed by atoms with E-state index in [1.807, 2.05) is 0 Å². The zero-order chi connectivity index (χ0) is 15.6. The Hall–Kier alpha value is -1.46. The summed E-state index contributed by atoms with van der Waals surface area (Å²) in [6.07, 6.45) is 2.56. The number of aromatic nitrogens is 2. The monoisotopic (exact) mass is 372 g/mol. The molecule has 1 aromatic carbocycles. The average molecular weight is 373 g/mol. The Morgan fingerprint density at radius 3 is 2.26 bits per heavy atom. The first-order chi connectivity index (χ1) is 11.3. The molecule has 1 aliphatic heterocycles. The van der Waals surface area contributed by atoms with E-state index in [4.69, 9.17) is 0 Å². The van der Waals surface area contributed by atoms with Crippen molar-refractivity contribution in [3.63, 3.8) is 0 Å². The highest BCUT2D eigenvalue weighted by Crippen LogP contribution is 2.38. The molecule has 23 heavy (non-hydrogen) atoms. The highest BCUT2D eigenvalue weighted by molar-refractivity contribution is 9.10. The van der Waals surface area contributed by atoms with Crippen LogP contribution in [0.4, 0.5) is 5.82 Å². The topological polar surface area (TPSA) is 32.3 Å². The van der Waals surface area contributed by atoms with Crippen LogP contribution in [0.25, 0.3) is 0 Å². The van der Waals surface area contributed by atoms with Crippen molar-refractivity contribution >= 4 is 21.7 Å². The lowest BCUT2D eigenvalue weighted by atomic mass is 10.2. The summed E-state index contributed by atoms with van der Waals surface area (Å²) in [6.45, 7) is 5.21. The van der Waals surface area contributed by atoms with Crippen LogP contribution >= 0.6 is 15.9 Å². The van der Waals surface area contributed by atoms with Crippen LogP contribution in [0.1, 0.15) is 30.0 Å². The lowest BCUT2D eigenvalue weighted by molar-refractivity contribution is 0.249. The van der Waals surface area contributed by atoms with E-state index in [0.717, 1.165) is 43.0 Å². The van der Waals surface area contributed by atoms with Crippen LogP contribution in [-0.4, -0.2) is 41.3 Å². The van der Waals surface area contributed by atoms with Crippen LogP contribution in [-0.2, 0) is 6.54 Å².